The summed E-state index contributed by atoms with van der Waals surface area (Å²) in [5.41, 5.74) is 3.86. The van der Waals surface area contributed by atoms with E-state index in [1.807, 2.05) is 24.3 Å². The summed E-state index contributed by atoms with van der Waals surface area (Å²) in [5, 5.41) is 12.0. The van der Waals surface area contributed by atoms with Gasteiger partial charge in [0.2, 0.25) is 5.91 Å². The number of hydrogen-bond donors (Lipinski definition) is 2. The monoisotopic (exact) mass is 436 g/mol. The SMILES string of the molecule is CCN(C(=O)C1(CNC(=O)OCC2c3ccccc3-c3ccccc32)CC1)C(C)C(=O)O. The minimum Gasteiger partial charge on any atom is -0.480 e. The molecule has 0 bridgehead atoms. The van der Waals surface area contributed by atoms with Gasteiger partial charge in [-0.05, 0) is 48.9 Å². The number of ether oxygens (including phenoxy) is 1. The maximum Gasteiger partial charge on any atom is 0.407 e. The first-order valence-electron chi connectivity index (χ1n) is 11.0. The third kappa shape index (κ3) is 3.95. The quantitative estimate of drug-likeness (QED) is 0.659. The van der Waals surface area contributed by atoms with Crippen LogP contribution in [0.1, 0.15) is 43.7 Å². The summed E-state index contributed by atoms with van der Waals surface area (Å²) in [7, 11) is 0. The molecule has 32 heavy (non-hydrogen) atoms. The standard InChI is InChI=1S/C25H28N2O5/c1-3-27(16(2)22(28)29)23(30)25(12-13-25)15-26-24(31)32-14-21-19-10-6-4-8-17(19)18-9-5-7-11-20(18)21/h4-11,16,21H,3,12-15H2,1-2H3,(H,26,31)(H,28,29). The first-order chi connectivity index (χ1) is 15.4. The number of carbonyl (C=O) groups is 3. The fourth-order valence-corrected chi connectivity index (χ4v) is 4.54. The second kappa shape index (κ2) is 8.65. The van der Waals surface area contributed by atoms with Crippen molar-refractivity contribution in [3.63, 3.8) is 0 Å². The number of hydrogen-bond acceptors (Lipinski definition) is 4. The summed E-state index contributed by atoms with van der Waals surface area (Å²) in [6.45, 7) is 3.91. The first kappa shape index (κ1) is 21.9. The molecule has 2 amide bonds. The number of carboxylic acids is 1. The Bertz CT molecular complexity index is 1000. The summed E-state index contributed by atoms with van der Waals surface area (Å²) >= 11 is 0. The van der Waals surface area contributed by atoms with E-state index in [1.54, 1.807) is 6.92 Å². The zero-order chi connectivity index (χ0) is 22.9. The van der Waals surface area contributed by atoms with Crippen LogP contribution in [0.25, 0.3) is 11.1 Å². The smallest absolute Gasteiger partial charge is 0.407 e. The fraction of sp³-hybridized carbons (Fsp3) is 0.400. The molecule has 0 heterocycles. The Labute approximate surface area is 187 Å². The molecule has 0 aromatic heterocycles. The van der Waals surface area contributed by atoms with Gasteiger partial charge in [-0.25, -0.2) is 9.59 Å². The Hall–Kier alpha value is -3.35. The molecule has 4 rings (SSSR count). The highest BCUT2D eigenvalue weighted by atomic mass is 16.5. The van der Waals surface area contributed by atoms with Gasteiger partial charge < -0.3 is 20.1 Å². The van der Waals surface area contributed by atoms with E-state index < -0.39 is 23.5 Å². The number of carbonyl (C=O) groups excluding carboxylic acids is 2. The van der Waals surface area contributed by atoms with Crippen LogP contribution in [0.5, 0.6) is 0 Å². The van der Waals surface area contributed by atoms with Crippen molar-refractivity contribution in [1.82, 2.24) is 10.2 Å². The van der Waals surface area contributed by atoms with Gasteiger partial charge in [-0.1, -0.05) is 48.5 Å². The van der Waals surface area contributed by atoms with Crippen LogP contribution in [0.2, 0.25) is 0 Å². The van der Waals surface area contributed by atoms with E-state index >= 15 is 0 Å². The molecule has 2 aromatic rings. The molecule has 1 saturated carbocycles. The normalized spacial score (nSPS) is 16.4. The second-order valence-corrected chi connectivity index (χ2v) is 8.56. The Kier molecular flexibility index (Phi) is 5.91. The number of benzene rings is 2. The van der Waals surface area contributed by atoms with Crippen molar-refractivity contribution in [3.05, 3.63) is 59.7 Å². The van der Waals surface area contributed by atoms with Crippen molar-refractivity contribution >= 4 is 18.0 Å². The van der Waals surface area contributed by atoms with Crippen LogP contribution < -0.4 is 5.32 Å². The number of amides is 2. The van der Waals surface area contributed by atoms with Crippen LogP contribution in [0.15, 0.2) is 48.5 Å². The van der Waals surface area contributed by atoms with Crippen molar-refractivity contribution in [2.45, 2.75) is 38.6 Å². The van der Waals surface area contributed by atoms with Crippen molar-refractivity contribution in [2.24, 2.45) is 5.41 Å². The third-order valence-corrected chi connectivity index (χ3v) is 6.65. The highest BCUT2D eigenvalue weighted by Gasteiger charge is 2.52. The minimum absolute atomic E-state index is 0.0309. The van der Waals surface area contributed by atoms with E-state index in [9.17, 15) is 19.5 Å². The zero-order valence-corrected chi connectivity index (χ0v) is 18.3. The molecule has 2 aromatic carbocycles. The van der Waals surface area contributed by atoms with Gasteiger partial charge in [0.25, 0.3) is 0 Å². The molecular weight excluding hydrogens is 408 g/mol. The molecule has 0 saturated heterocycles. The van der Waals surface area contributed by atoms with E-state index in [-0.39, 0.29) is 25.0 Å². The molecule has 0 spiro atoms. The van der Waals surface area contributed by atoms with Crippen LogP contribution in [-0.2, 0) is 14.3 Å². The molecule has 168 valence electrons. The number of alkyl carbamates (subject to hydrolysis) is 1. The van der Waals surface area contributed by atoms with E-state index in [1.165, 1.54) is 11.8 Å². The lowest BCUT2D eigenvalue weighted by atomic mass is 9.98. The van der Waals surface area contributed by atoms with Gasteiger partial charge in [0.05, 0.1) is 5.41 Å². The summed E-state index contributed by atoms with van der Waals surface area (Å²) in [6.07, 6.45) is 0.677. The molecule has 1 unspecified atom stereocenters. The Morgan fingerprint density at radius 1 is 1.09 bits per heavy atom. The number of rotatable bonds is 8. The van der Waals surface area contributed by atoms with Crippen LogP contribution in [0, 0.1) is 5.41 Å². The average Bonchev–Trinajstić information content (AvgIpc) is 3.53. The fourth-order valence-electron chi connectivity index (χ4n) is 4.54. The zero-order valence-electron chi connectivity index (χ0n) is 18.3. The molecule has 1 fully saturated rings. The second-order valence-electron chi connectivity index (χ2n) is 8.56. The number of fused-ring (bicyclic) bond motifs is 3. The number of nitrogens with zero attached hydrogens (tertiary/aromatic N) is 1. The van der Waals surface area contributed by atoms with Gasteiger partial charge in [0.1, 0.15) is 12.6 Å². The average molecular weight is 437 g/mol. The lowest BCUT2D eigenvalue weighted by Gasteiger charge is -2.29. The van der Waals surface area contributed by atoms with Crippen molar-refractivity contribution in [1.29, 1.82) is 0 Å². The van der Waals surface area contributed by atoms with E-state index in [0.717, 1.165) is 22.3 Å². The van der Waals surface area contributed by atoms with Crippen LogP contribution in [-0.4, -0.2) is 53.7 Å². The number of carboxylic acid groups (broad SMARTS) is 1. The van der Waals surface area contributed by atoms with Crippen LogP contribution >= 0.6 is 0 Å². The first-order valence-corrected chi connectivity index (χ1v) is 11.0. The van der Waals surface area contributed by atoms with E-state index in [0.29, 0.717) is 19.4 Å². The van der Waals surface area contributed by atoms with E-state index in [4.69, 9.17) is 4.74 Å². The molecular formula is C25H28N2O5. The van der Waals surface area contributed by atoms with Crippen molar-refractivity contribution in [3.8, 4) is 11.1 Å². The molecule has 0 radical (unpaired) electrons. The number of aliphatic carboxylic acids is 1. The predicted octanol–water partition coefficient (Wildman–Crippen LogP) is 3.63. The van der Waals surface area contributed by atoms with Crippen LogP contribution in [0.4, 0.5) is 4.79 Å². The van der Waals surface area contributed by atoms with E-state index in [2.05, 4.69) is 29.6 Å². The summed E-state index contributed by atoms with van der Waals surface area (Å²) < 4.78 is 5.55. The molecule has 7 heteroatoms. The maximum absolute atomic E-state index is 12.9. The Balaban J connectivity index is 1.36. The molecule has 2 N–H and O–H groups in total. The van der Waals surface area contributed by atoms with Crippen molar-refractivity contribution in [2.75, 3.05) is 19.7 Å². The molecule has 2 aliphatic rings. The predicted molar refractivity (Wildman–Crippen MR) is 119 cm³/mol. The molecule has 7 nitrogen and oxygen atoms in total. The van der Waals surface area contributed by atoms with Gasteiger partial charge in [-0.15, -0.1) is 0 Å². The topological polar surface area (TPSA) is 95.9 Å². The Morgan fingerprint density at radius 3 is 2.16 bits per heavy atom. The highest BCUT2D eigenvalue weighted by molar-refractivity contribution is 5.90. The number of nitrogens with one attached hydrogen (secondary N) is 1. The van der Waals surface area contributed by atoms with Crippen molar-refractivity contribution < 1.29 is 24.2 Å². The highest BCUT2D eigenvalue weighted by Crippen LogP contribution is 2.47. The summed E-state index contributed by atoms with van der Waals surface area (Å²) in [4.78, 5) is 38.1. The summed E-state index contributed by atoms with van der Waals surface area (Å²) in [6, 6.07) is 15.3. The largest absolute Gasteiger partial charge is 0.480 e. The van der Waals surface area contributed by atoms with Gasteiger partial charge in [0.15, 0.2) is 0 Å². The lowest BCUT2D eigenvalue weighted by molar-refractivity contribution is -0.151. The van der Waals surface area contributed by atoms with Gasteiger partial charge >= 0.3 is 12.1 Å². The number of likely N-dealkylation sites (N-methyl/N-ethyl adjacent to an activating group) is 1. The molecule has 0 aliphatic heterocycles. The lowest BCUT2D eigenvalue weighted by Crippen LogP contribution is -2.49. The summed E-state index contributed by atoms with van der Waals surface area (Å²) in [5.74, 6) is -1.30. The molecule has 1 atom stereocenters. The van der Waals surface area contributed by atoms with Gasteiger partial charge in [-0.3, -0.25) is 4.79 Å². The maximum atomic E-state index is 12.9. The third-order valence-electron chi connectivity index (χ3n) is 6.65. The molecule has 2 aliphatic carbocycles. The van der Waals surface area contributed by atoms with Crippen LogP contribution in [0.3, 0.4) is 0 Å². The van der Waals surface area contributed by atoms with Gasteiger partial charge in [-0.2, -0.15) is 0 Å². The minimum atomic E-state index is -1.04. The van der Waals surface area contributed by atoms with Gasteiger partial charge in [0, 0.05) is 19.0 Å². The Morgan fingerprint density at radius 2 is 1.66 bits per heavy atom.